The first kappa shape index (κ1) is 13.9. The Kier molecular flexibility index (Phi) is 3.72. The maximum atomic E-state index is 12.5. The average Bonchev–Trinajstić information content (AvgIpc) is 2.74. The van der Waals surface area contributed by atoms with Crippen molar-refractivity contribution in [2.75, 3.05) is 0 Å². The molecule has 18 heavy (non-hydrogen) atoms. The SMILES string of the molecule is CCCC1NC(CC(C)C)N(C2CC2(C)C)C1=O. The van der Waals surface area contributed by atoms with Crippen LogP contribution in [0.2, 0.25) is 0 Å². The Morgan fingerprint density at radius 3 is 2.50 bits per heavy atom. The van der Waals surface area contributed by atoms with Crippen molar-refractivity contribution in [3.63, 3.8) is 0 Å². The van der Waals surface area contributed by atoms with E-state index in [-0.39, 0.29) is 12.2 Å². The summed E-state index contributed by atoms with van der Waals surface area (Å²) in [4.78, 5) is 14.7. The lowest BCUT2D eigenvalue weighted by atomic mass is 10.1. The second kappa shape index (κ2) is 4.84. The summed E-state index contributed by atoms with van der Waals surface area (Å²) in [6.45, 7) is 11.1. The van der Waals surface area contributed by atoms with E-state index in [2.05, 4.69) is 44.8 Å². The smallest absolute Gasteiger partial charge is 0.241 e. The van der Waals surface area contributed by atoms with Crippen molar-refractivity contribution >= 4 is 5.91 Å². The van der Waals surface area contributed by atoms with E-state index in [0.717, 1.165) is 25.7 Å². The molecule has 0 aromatic rings. The number of nitrogens with one attached hydrogen (secondary N) is 1. The topological polar surface area (TPSA) is 32.3 Å². The van der Waals surface area contributed by atoms with Gasteiger partial charge in [0.05, 0.1) is 12.2 Å². The van der Waals surface area contributed by atoms with Gasteiger partial charge in [0.25, 0.3) is 0 Å². The van der Waals surface area contributed by atoms with Gasteiger partial charge < -0.3 is 4.90 Å². The van der Waals surface area contributed by atoms with Gasteiger partial charge in [0.2, 0.25) is 5.91 Å². The highest BCUT2D eigenvalue weighted by Crippen LogP contribution is 2.50. The molecule has 3 unspecified atom stereocenters. The summed E-state index contributed by atoms with van der Waals surface area (Å²) in [7, 11) is 0. The standard InChI is InChI=1S/C15H28N2O/c1-6-7-11-14(18)17(12-9-15(12,4)5)13(16-11)8-10(2)3/h10-13,16H,6-9H2,1-5H3. The number of nitrogens with zero attached hydrogens (tertiary/aromatic N) is 1. The van der Waals surface area contributed by atoms with E-state index < -0.39 is 0 Å². The van der Waals surface area contributed by atoms with Gasteiger partial charge in [-0.3, -0.25) is 10.1 Å². The third kappa shape index (κ3) is 2.56. The maximum Gasteiger partial charge on any atom is 0.241 e. The van der Waals surface area contributed by atoms with Crippen LogP contribution in [0.3, 0.4) is 0 Å². The molecular formula is C15H28N2O. The van der Waals surface area contributed by atoms with Crippen LogP contribution in [0, 0.1) is 11.3 Å². The molecule has 1 saturated carbocycles. The maximum absolute atomic E-state index is 12.5. The first-order valence-electron chi connectivity index (χ1n) is 7.45. The van der Waals surface area contributed by atoms with Gasteiger partial charge in [-0.2, -0.15) is 0 Å². The highest BCUT2D eigenvalue weighted by Gasteiger charge is 2.55. The molecule has 2 aliphatic rings. The van der Waals surface area contributed by atoms with Crippen molar-refractivity contribution in [2.24, 2.45) is 11.3 Å². The van der Waals surface area contributed by atoms with Gasteiger partial charge in [-0.25, -0.2) is 0 Å². The first-order valence-corrected chi connectivity index (χ1v) is 7.45. The number of rotatable bonds is 5. The lowest BCUT2D eigenvalue weighted by Gasteiger charge is -2.27. The van der Waals surface area contributed by atoms with Gasteiger partial charge in [-0.1, -0.05) is 41.0 Å². The van der Waals surface area contributed by atoms with Crippen LogP contribution < -0.4 is 5.32 Å². The number of carbonyl (C=O) groups is 1. The highest BCUT2D eigenvalue weighted by atomic mass is 16.2. The predicted octanol–water partition coefficient (Wildman–Crippen LogP) is 2.76. The summed E-state index contributed by atoms with van der Waals surface area (Å²) in [5.74, 6) is 0.970. The van der Waals surface area contributed by atoms with E-state index in [4.69, 9.17) is 0 Å². The number of hydrogen-bond acceptors (Lipinski definition) is 2. The Bertz CT molecular complexity index is 324. The Hall–Kier alpha value is -0.570. The molecule has 3 atom stereocenters. The molecule has 3 nitrogen and oxygen atoms in total. The molecule has 1 heterocycles. The Morgan fingerprint density at radius 2 is 2.06 bits per heavy atom. The van der Waals surface area contributed by atoms with Crippen molar-refractivity contribution in [1.29, 1.82) is 0 Å². The van der Waals surface area contributed by atoms with Gasteiger partial charge in [0.1, 0.15) is 0 Å². The van der Waals surface area contributed by atoms with Crippen molar-refractivity contribution in [3.05, 3.63) is 0 Å². The molecule has 1 aliphatic carbocycles. The minimum atomic E-state index is 0.0650. The van der Waals surface area contributed by atoms with Gasteiger partial charge in [-0.15, -0.1) is 0 Å². The molecule has 1 N–H and O–H groups in total. The van der Waals surface area contributed by atoms with Gasteiger partial charge in [0, 0.05) is 6.04 Å². The van der Waals surface area contributed by atoms with Crippen molar-refractivity contribution in [2.45, 2.75) is 78.6 Å². The second-order valence-corrected chi connectivity index (χ2v) is 7.11. The highest BCUT2D eigenvalue weighted by molar-refractivity contribution is 5.85. The van der Waals surface area contributed by atoms with E-state index in [1.165, 1.54) is 0 Å². The Labute approximate surface area is 111 Å². The van der Waals surface area contributed by atoms with E-state index in [9.17, 15) is 4.79 Å². The first-order chi connectivity index (χ1) is 8.36. The van der Waals surface area contributed by atoms with Crippen molar-refractivity contribution < 1.29 is 4.79 Å². The van der Waals surface area contributed by atoms with E-state index in [1.807, 2.05) is 0 Å². The molecule has 2 fully saturated rings. The quantitative estimate of drug-likeness (QED) is 0.816. The monoisotopic (exact) mass is 252 g/mol. The molecule has 0 spiro atoms. The summed E-state index contributed by atoms with van der Waals surface area (Å²) >= 11 is 0. The van der Waals surface area contributed by atoms with Crippen LogP contribution in [0.5, 0.6) is 0 Å². The molecule has 0 aromatic heterocycles. The lowest BCUT2D eigenvalue weighted by molar-refractivity contribution is -0.131. The zero-order chi connectivity index (χ0) is 13.5. The molecule has 104 valence electrons. The molecule has 1 aliphatic heterocycles. The van der Waals surface area contributed by atoms with Crippen molar-refractivity contribution in [3.8, 4) is 0 Å². The lowest BCUT2D eigenvalue weighted by Crippen LogP contribution is -2.41. The fourth-order valence-corrected chi connectivity index (χ4v) is 3.13. The van der Waals surface area contributed by atoms with Crippen LogP contribution in [0.25, 0.3) is 0 Å². The summed E-state index contributed by atoms with van der Waals surface area (Å²) in [6.07, 6.45) is 4.53. The molecule has 0 radical (unpaired) electrons. The summed E-state index contributed by atoms with van der Waals surface area (Å²) < 4.78 is 0. The molecule has 0 bridgehead atoms. The predicted molar refractivity (Wildman–Crippen MR) is 74.1 cm³/mol. The number of hydrogen-bond donors (Lipinski definition) is 1. The largest absolute Gasteiger partial charge is 0.322 e. The number of amides is 1. The van der Waals surface area contributed by atoms with E-state index in [0.29, 0.717) is 23.3 Å². The molecule has 0 aromatic carbocycles. The summed E-state index contributed by atoms with van der Waals surface area (Å²) in [6, 6.07) is 0.526. The van der Waals surface area contributed by atoms with Crippen LogP contribution in [-0.2, 0) is 4.79 Å². The van der Waals surface area contributed by atoms with Crippen LogP contribution in [0.4, 0.5) is 0 Å². The van der Waals surface area contributed by atoms with Crippen LogP contribution in [-0.4, -0.2) is 29.1 Å². The number of carbonyl (C=O) groups excluding carboxylic acids is 1. The molecular weight excluding hydrogens is 224 g/mol. The third-order valence-corrected chi connectivity index (χ3v) is 4.35. The minimum absolute atomic E-state index is 0.0650. The van der Waals surface area contributed by atoms with Crippen LogP contribution in [0.1, 0.15) is 60.3 Å². The zero-order valence-electron chi connectivity index (χ0n) is 12.5. The summed E-state index contributed by atoms with van der Waals surface area (Å²) in [5, 5.41) is 3.56. The normalized spacial score (nSPS) is 34.4. The second-order valence-electron chi connectivity index (χ2n) is 7.11. The Balaban J connectivity index is 2.09. The van der Waals surface area contributed by atoms with E-state index in [1.54, 1.807) is 0 Å². The molecule has 1 saturated heterocycles. The van der Waals surface area contributed by atoms with Crippen molar-refractivity contribution in [1.82, 2.24) is 10.2 Å². The molecule has 1 amide bonds. The van der Waals surface area contributed by atoms with Crippen LogP contribution in [0.15, 0.2) is 0 Å². The van der Waals surface area contributed by atoms with Gasteiger partial charge >= 0.3 is 0 Å². The zero-order valence-corrected chi connectivity index (χ0v) is 12.5. The molecule has 3 heteroatoms. The summed E-state index contributed by atoms with van der Waals surface area (Å²) in [5.41, 5.74) is 0.327. The average molecular weight is 252 g/mol. The third-order valence-electron chi connectivity index (χ3n) is 4.35. The van der Waals surface area contributed by atoms with E-state index >= 15 is 0 Å². The molecule has 2 rings (SSSR count). The fraction of sp³-hybridized carbons (Fsp3) is 0.933. The van der Waals surface area contributed by atoms with Gasteiger partial charge in [0.15, 0.2) is 0 Å². The fourth-order valence-electron chi connectivity index (χ4n) is 3.13. The minimum Gasteiger partial charge on any atom is -0.322 e. The van der Waals surface area contributed by atoms with Crippen LogP contribution >= 0.6 is 0 Å². The Morgan fingerprint density at radius 1 is 1.44 bits per heavy atom. The van der Waals surface area contributed by atoms with Gasteiger partial charge in [-0.05, 0) is 30.6 Å².